The fraction of sp³-hybridized carbons (Fsp3) is 0.667. The predicted molar refractivity (Wildman–Crippen MR) is 105 cm³/mol. The van der Waals surface area contributed by atoms with E-state index in [1.54, 1.807) is 0 Å². The molecule has 1 amide bonds. The zero-order valence-electron chi connectivity index (χ0n) is 16.2. The van der Waals surface area contributed by atoms with Crippen LogP contribution in [0.5, 0.6) is 0 Å². The maximum atomic E-state index is 12.4. The van der Waals surface area contributed by atoms with Crippen molar-refractivity contribution >= 4 is 17.3 Å². The lowest BCUT2D eigenvalue weighted by atomic mass is 10.1. The fourth-order valence-corrected chi connectivity index (χ4v) is 5.05. The van der Waals surface area contributed by atoms with Gasteiger partial charge in [0.2, 0.25) is 0 Å². The summed E-state index contributed by atoms with van der Waals surface area (Å²) in [4.78, 5) is 12.4. The van der Waals surface area contributed by atoms with Crippen molar-refractivity contribution < 1.29 is 9.53 Å². The fourth-order valence-electron chi connectivity index (χ4n) is 5.05. The average molecular weight is 359 g/mol. The van der Waals surface area contributed by atoms with Crippen LogP contribution in [0, 0.1) is 6.92 Å². The molecule has 1 unspecified atom stereocenters. The zero-order chi connectivity index (χ0) is 18.1. The van der Waals surface area contributed by atoms with Crippen LogP contribution in [0.2, 0.25) is 0 Å². The van der Waals surface area contributed by atoms with Gasteiger partial charge in [-0.25, -0.2) is 4.59 Å². The number of hydrogen-bond donors (Lipinski definition) is 1. The van der Waals surface area contributed by atoms with Gasteiger partial charge in [0.05, 0.1) is 6.04 Å². The van der Waals surface area contributed by atoms with Crippen molar-refractivity contribution in [2.75, 3.05) is 31.6 Å². The Labute approximate surface area is 156 Å². The van der Waals surface area contributed by atoms with Gasteiger partial charge in [-0.3, -0.25) is 4.79 Å². The number of nitrogens with zero attached hydrogens (tertiary/aromatic N) is 2. The first-order valence-electron chi connectivity index (χ1n) is 10.3. The monoisotopic (exact) mass is 358 g/mol. The highest BCUT2D eigenvalue weighted by atomic mass is 16.5. The zero-order valence-corrected chi connectivity index (χ0v) is 16.2. The Hall–Kier alpha value is -1.43. The molecule has 5 nitrogen and oxygen atoms in total. The molecular formula is C21H32N3O2+. The van der Waals surface area contributed by atoms with Gasteiger partial charge in [-0.15, -0.1) is 5.01 Å². The molecule has 26 heavy (non-hydrogen) atoms. The van der Waals surface area contributed by atoms with E-state index in [2.05, 4.69) is 42.4 Å². The lowest BCUT2D eigenvalue weighted by molar-refractivity contribution is -0.124. The van der Waals surface area contributed by atoms with Gasteiger partial charge in [-0.1, -0.05) is 0 Å². The number of carbonyl (C=O) groups excluding carboxylic acids is 1. The summed E-state index contributed by atoms with van der Waals surface area (Å²) in [5.74, 6) is -0.00316. The van der Waals surface area contributed by atoms with Crippen LogP contribution in [0.1, 0.15) is 51.0 Å². The topological polar surface area (TPSA) is 41.6 Å². The Morgan fingerprint density at radius 3 is 2.62 bits per heavy atom. The summed E-state index contributed by atoms with van der Waals surface area (Å²) in [6.07, 6.45) is 6.71. The minimum Gasteiger partial charge on any atom is -0.368 e. The second-order valence-corrected chi connectivity index (χ2v) is 8.22. The number of hydrogen-bond acceptors (Lipinski definition) is 3. The van der Waals surface area contributed by atoms with E-state index < -0.39 is 0 Å². The van der Waals surface area contributed by atoms with E-state index in [4.69, 9.17) is 4.74 Å². The van der Waals surface area contributed by atoms with Gasteiger partial charge in [-0.05, 0) is 51.2 Å². The van der Waals surface area contributed by atoms with E-state index in [1.165, 1.54) is 51.0 Å². The second-order valence-electron chi connectivity index (χ2n) is 8.22. The molecule has 0 saturated carbocycles. The standard InChI is InChI=1S/C21H31N3O2/c1-16-15-18(9-10-19(16)22-21(25)20-8-6-14-26-20)24(12-3-4-13-24)23-11-5-7-17(23)2/h9-10,15,17,20H,3-8,11-14H2,1-2H3/p+1/t17-,20?/m0/s1. The summed E-state index contributed by atoms with van der Waals surface area (Å²) in [7, 11) is 0. The van der Waals surface area contributed by atoms with E-state index in [0.717, 1.165) is 28.7 Å². The molecule has 3 aliphatic rings. The predicted octanol–water partition coefficient (Wildman–Crippen LogP) is 3.61. The van der Waals surface area contributed by atoms with Crippen LogP contribution >= 0.6 is 0 Å². The van der Waals surface area contributed by atoms with Crippen LogP contribution in [0.15, 0.2) is 18.2 Å². The largest absolute Gasteiger partial charge is 0.368 e. The highest BCUT2D eigenvalue weighted by Crippen LogP contribution is 2.38. The average Bonchev–Trinajstić information content (AvgIpc) is 3.38. The van der Waals surface area contributed by atoms with Crippen LogP contribution in [0.25, 0.3) is 0 Å². The van der Waals surface area contributed by atoms with E-state index >= 15 is 0 Å². The minimum atomic E-state index is -0.281. The number of carbonyl (C=O) groups is 1. The van der Waals surface area contributed by atoms with Gasteiger partial charge < -0.3 is 10.1 Å². The third kappa shape index (κ3) is 3.17. The number of quaternary nitrogens is 1. The van der Waals surface area contributed by atoms with Crippen LogP contribution in [-0.4, -0.2) is 49.3 Å². The van der Waals surface area contributed by atoms with Crippen molar-refractivity contribution in [3.8, 4) is 0 Å². The van der Waals surface area contributed by atoms with E-state index in [-0.39, 0.29) is 12.0 Å². The minimum absolute atomic E-state index is 0.00316. The summed E-state index contributed by atoms with van der Waals surface area (Å²) in [5.41, 5.74) is 3.44. The molecule has 3 saturated heterocycles. The molecule has 3 fully saturated rings. The quantitative estimate of drug-likeness (QED) is 0.836. The molecule has 0 spiro atoms. The first-order valence-corrected chi connectivity index (χ1v) is 10.3. The first-order chi connectivity index (χ1) is 12.6. The number of anilines is 1. The van der Waals surface area contributed by atoms with Gasteiger partial charge in [0, 0.05) is 43.8 Å². The third-order valence-electron chi connectivity index (χ3n) is 6.49. The molecule has 0 aromatic heterocycles. The molecule has 3 heterocycles. The molecule has 1 aromatic carbocycles. The second kappa shape index (κ2) is 7.29. The van der Waals surface area contributed by atoms with Gasteiger partial charge in [0.1, 0.15) is 19.2 Å². The molecule has 0 bridgehead atoms. The molecule has 2 atom stereocenters. The lowest BCUT2D eigenvalue weighted by Crippen LogP contribution is -2.61. The van der Waals surface area contributed by atoms with Crippen molar-refractivity contribution in [1.82, 2.24) is 9.60 Å². The number of aryl methyl sites for hydroxylation is 1. The van der Waals surface area contributed by atoms with Gasteiger partial charge >= 0.3 is 0 Å². The highest BCUT2D eigenvalue weighted by Gasteiger charge is 2.45. The Morgan fingerprint density at radius 1 is 1.19 bits per heavy atom. The SMILES string of the molecule is Cc1cc([N+]2(N3CCC[C@@H]3C)CCCC2)ccc1NC(=O)C1CCCO1. The maximum Gasteiger partial charge on any atom is 0.253 e. The summed E-state index contributed by atoms with van der Waals surface area (Å²) in [6, 6.07) is 7.26. The molecule has 142 valence electrons. The Morgan fingerprint density at radius 2 is 2.00 bits per heavy atom. The smallest absolute Gasteiger partial charge is 0.253 e. The van der Waals surface area contributed by atoms with Crippen molar-refractivity contribution in [3.05, 3.63) is 23.8 Å². The summed E-state index contributed by atoms with van der Waals surface area (Å²) in [6.45, 7) is 8.77. The summed E-state index contributed by atoms with van der Waals surface area (Å²) >= 11 is 0. The van der Waals surface area contributed by atoms with Crippen LogP contribution < -0.4 is 9.91 Å². The van der Waals surface area contributed by atoms with Crippen LogP contribution in [-0.2, 0) is 9.53 Å². The third-order valence-corrected chi connectivity index (χ3v) is 6.49. The first kappa shape index (κ1) is 18.0. The molecule has 1 N–H and O–H groups in total. The summed E-state index contributed by atoms with van der Waals surface area (Å²) < 4.78 is 6.51. The molecule has 5 heteroatoms. The molecule has 3 aliphatic heterocycles. The van der Waals surface area contributed by atoms with E-state index in [0.29, 0.717) is 12.6 Å². The van der Waals surface area contributed by atoms with Crippen molar-refractivity contribution in [2.45, 2.75) is 64.5 Å². The van der Waals surface area contributed by atoms with Crippen molar-refractivity contribution in [2.24, 2.45) is 0 Å². The van der Waals surface area contributed by atoms with Crippen molar-refractivity contribution in [1.29, 1.82) is 0 Å². The highest BCUT2D eigenvalue weighted by molar-refractivity contribution is 5.95. The maximum absolute atomic E-state index is 12.4. The summed E-state index contributed by atoms with van der Waals surface area (Å²) in [5, 5.41) is 5.78. The Balaban J connectivity index is 1.57. The Kier molecular flexibility index (Phi) is 5.04. The number of rotatable bonds is 4. The number of nitrogens with one attached hydrogen (secondary N) is 1. The lowest BCUT2D eigenvalue weighted by Gasteiger charge is -2.43. The number of amides is 1. The molecule has 4 rings (SSSR count). The normalized spacial score (nSPS) is 28.5. The number of benzene rings is 1. The van der Waals surface area contributed by atoms with E-state index in [1.807, 2.05) is 0 Å². The molecule has 0 aliphatic carbocycles. The molecular weight excluding hydrogens is 326 g/mol. The van der Waals surface area contributed by atoms with Crippen molar-refractivity contribution in [3.63, 3.8) is 0 Å². The van der Waals surface area contributed by atoms with Gasteiger partial charge in [0.15, 0.2) is 5.69 Å². The Bertz CT molecular complexity index is 663. The van der Waals surface area contributed by atoms with Crippen LogP contribution in [0.3, 0.4) is 0 Å². The van der Waals surface area contributed by atoms with Gasteiger partial charge in [0.25, 0.3) is 5.91 Å². The molecule has 1 aromatic rings. The van der Waals surface area contributed by atoms with E-state index in [9.17, 15) is 4.79 Å². The van der Waals surface area contributed by atoms with Gasteiger partial charge in [-0.2, -0.15) is 0 Å². The van der Waals surface area contributed by atoms with Crippen LogP contribution in [0.4, 0.5) is 11.4 Å². The molecule has 0 radical (unpaired) electrons. The number of ether oxygens (including phenoxy) is 1.